The van der Waals surface area contributed by atoms with Crippen LogP contribution in [0.25, 0.3) is 32.7 Å². The number of nitrogen functional groups attached to an aromatic ring is 2. The summed E-state index contributed by atoms with van der Waals surface area (Å²) in [4.78, 5) is -0.844. The van der Waals surface area contributed by atoms with E-state index in [9.17, 15) is 36.2 Å². The molecule has 6 aromatic rings. The number of benzene rings is 6. The van der Waals surface area contributed by atoms with Gasteiger partial charge in [0.15, 0.2) is 11.5 Å². The molecule has 0 fully saturated rings. The first-order valence-electron chi connectivity index (χ1n) is 14.9. The number of anilines is 2. The van der Waals surface area contributed by atoms with Crippen molar-refractivity contribution in [2.45, 2.75) is 9.79 Å². The Bertz CT molecular complexity index is 2540. The Balaban J connectivity index is 0.00000541. The zero-order valence-corrected chi connectivity index (χ0v) is 31.7. The Morgan fingerprint density at radius 3 is 1.21 bits per heavy atom. The Kier molecular flexibility index (Phi) is 11.0. The maximum atomic E-state index is 11.8. The molecule has 16 nitrogen and oxygen atoms in total. The minimum atomic E-state index is -4.59. The molecule has 0 unspecified atom stereocenters. The van der Waals surface area contributed by atoms with Crippen LogP contribution in [0.3, 0.4) is 0 Å². The zero-order chi connectivity index (χ0) is 37.5. The second-order valence-electron chi connectivity index (χ2n) is 11.1. The molecular weight excluding hydrogens is 740 g/mol. The molecule has 0 bridgehead atoms. The Morgan fingerprint density at radius 2 is 0.868 bits per heavy atom. The van der Waals surface area contributed by atoms with E-state index in [1.54, 1.807) is 36.4 Å². The summed E-state index contributed by atoms with van der Waals surface area (Å²) >= 11 is 0. The number of phenols is 2. The Morgan fingerprint density at radius 1 is 0.528 bits per heavy atom. The molecule has 0 aliphatic carbocycles. The van der Waals surface area contributed by atoms with E-state index in [0.717, 1.165) is 12.1 Å². The van der Waals surface area contributed by atoms with Crippen molar-refractivity contribution >= 4 is 75.9 Å². The number of hydrogen-bond acceptors (Lipinski definition) is 14. The van der Waals surface area contributed by atoms with Crippen LogP contribution in [-0.4, -0.2) is 50.4 Å². The van der Waals surface area contributed by atoms with Crippen molar-refractivity contribution in [3.63, 3.8) is 0 Å². The zero-order valence-electron chi connectivity index (χ0n) is 28.1. The molecule has 0 atom stereocenters. The topological polar surface area (TPSA) is 269 Å². The third-order valence-electron chi connectivity index (χ3n) is 8.03. The minimum absolute atomic E-state index is 0. The molecule has 0 aliphatic rings. The van der Waals surface area contributed by atoms with E-state index in [2.05, 4.69) is 20.5 Å². The van der Waals surface area contributed by atoms with Crippen LogP contribution in [0.15, 0.2) is 115 Å². The predicted molar refractivity (Wildman–Crippen MR) is 193 cm³/mol. The predicted octanol–water partition coefficient (Wildman–Crippen LogP) is 4.58. The third kappa shape index (κ3) is 7.60. The van der Waals surface area contributed by atoms with Crippen LogP contribution in [0.2, 0.25) is 0 Å². The Labute approximate surface area is 324 Å². The number of hydrogen-bond donors (Lipinski definition) is 6. The van der Waals surface area contributed by atoms with Gasteiger partial charge in [0, 0.05) is 22.1 Å². The van der Waals surface area contributed by atoms with Gasteiger partial charge in [-0.1, -0.05) is 24.3 Å². The number of methoxy groups -OCH3 is 2. The van der Waals surface area contributed by atoms with Gasteiger partial charge in [-0.2, -0.15) is 16.8 Å². The van der Waals surface area contributed by atoms with Crippen molar-refractivity contribution in [3.8, 4) is 34.1 Å². The first-order valence-corrected chi connectivity index (χ1v) is 17.7. The van der Waals surface area contributed by atoms with Gasteiger partial charge in [-0.15, -0.1) is 20.5 Å². The van der Waals surface area contributed by atoms with E-state index in [1.807, 2.05) is 0 Å². The van der Waals surface area contributed by atoms with Crippen LogP contribution < -0.4 is 50.5 Å². The molecule has 0 saturated carbocycles. The van der Waals surface area contributed by atoms with Gasteiger partial charge in [-0.3, -0.25) is 9.11 Å². The molecule has 0 amide bonds. The maximum absolute atomic E-state index is 11.8. The molecule has 0 spiro atoms. The van der Waals surface area contributed by atoms with Crippen molar-refractivity contribution in [2.24, 2.45) is 20.5 Å². The van der Waals surface area contributed by atoms with Crippen LogP contribution in [-0.2, 0) is 20.2 Å². The average Bonchev–Trinajstić information content (AvgIpc) is 3.10. The fourth-order valence-electron chi connectivity index (χ4n) is 5.54. The molecule has 6 aromatic carbocycles. The largest absolute Gasteiger partial charge is 1.00 e. The maximum Gasteiger partial charge on any atom is 1.00 e. The van der Waals surface area contributed by atoms with Crippen molar-refractivity contribution < 1.29 is 75.2 Å². The number of fused-ring (bicyclic) bond motifs is 2. The second kappa shape index (κ2) is 15.0. The van der Waals surface area contributed by atoms with Crippen molar-refractivity contribution in [1.29, 1.82) is 0 Å². The smallest absolute Gasteiger partial charge is 0.505 e. The summed E-state index contributed by atoms with van der Waals surface area (Å²) in [6, 6.07) is 20.2. The molecule has 0 aromatic heterocycles. The van der Waals surface area contributed by atoms with E-state index >= 15 is 0 Å². The third-order valence-corrected chi connectivity index (χ3v) is 9.85. The molecule has 0 heterocycles. The van der Waals surface area contributed by atoms with Crippen molar-refractivity contribution in [2.75, 3.05) is 25.7 Å². The molecule has 0 saturated heterocycles. The standard InChI is InChI=1S/C34H28N6O10S2.Na/c1-49-27-15-17(3-9-23(27)37-39-25-11-5-19-29(51(43,44)45)13-7-21(35)31(19)33(25)41)18-4-10-24(28(16-18)50-2)38-40-26-12-6-20-30(52(46,47)48)14-8-22(36)32(20)34(26)42;/h3-16,41-42H,35-36H2,1-2H3,(H,43,44,45)(H,46,47,48);/q;+1. The minimum Gasteiger partial charge on any atom is -0.505 e. The van der Waals surface area contributed by atoms with E-state index in [1.165, 1.54) is 50.6 Å². The van der Waals surface area contributed by atoms with Crippen LogP contribution >= 0.6 is 0 Å². The second-order valence-corrected chi connectivity index (χ2v) is 13.9. The number of aromatic hydroxyl groups is 2. The van der Waals surface area contributed by atoms with Gasteiger partial charge in [0.1, 0.15) is 44.0 Å². The number of azo groups is 2. The van der Waals surface area contributed by atoms with Gasteiger partial charge in [-0.05, 0) is 71.8 Å². The van der Waals surface area contributed by atoms with Crippen LogP contribution in [0, 0.1) is 0 Å². The number of ether oxygens (including phenoxy) is 2. The summed E-state index contributed by atoms with van der Waals surface area (Å²) in [7, 11) is -6.31. The summed E-state index contributed by atoms with van der Waals surface area (Å²) in [5.41, 5.74) is 14.1. The summed E-state index contributed by atoms with van der Waals surface area (Å²) in [5.74, 6) is -0.230. The number of phenolic OH excluding ortho intramolecular Hbond substituents is 2. The SMILES string of the molecule is COc1cc(-c2ccc(N=Nc3ccc4c(S(=O)(=O)O)ccc(N)c4c3O)c(OC)c2)ccc1N=Nc1ccc2c(S(=O)(=O)O)ccc(N)c2c1O.[Na+]. The van der Waals surface area contributed by atoms with Crippen molar-refractivity contribution in [3.05, 3.63) is 84.9 Å². The summed E-state index contributed by atoms with van der Waals surface area (Å²) in [6.45, 7) is 0. The van der Waals surface area contributed by atoms with Gasteiger partial charge < -0.3 is 31.2 Å². The van der Waals surface area contributed by atoms with Gasteiger partial charge in [0.2, 0.25) is 0 Å². The van der Waals surface area contributed by atoms with Gasteiger partial charge >= 0.3 is 29.6 Å². The van der Waals surface area contributed by atoms with E-state index in [-0.39, 0.29) is 73.9 Å². The molecule has 53 heavy (non-hydrogen) atoms. The molecule has 0 radical (unpaired) electrons. The first kappa shape index (κ1) is 38.9. The molecule has 266 valence electrons. The number of rotatable bonds is 9. The Hall–Kier alpha value is -5.34. The molecule has 8 N–H and O–H groups in total. The van der Waals surface area contributed by atoms with Gasteiger partial charge in [0.25, 0.3) is 20.2 Å². The molecule has 6 rings (SSSR count). The fraction of sp³-hybridized carbons (Fsp3) is 0.0588. The molecular formula is C34H28N6NaO10S2+. The van der Waals surface area contributed by atoms with Gasteiger partial charge in [0.05, 0.1) is 25.0 Å². The van der Waals surface area contributed by atoms with E-state index in [4.69, 9.17) is 20.9 Å². The quantitative estimate of drug-likeness (QED) is 0.0511. The van der Waals surface area contributed by atoms with Crippen LogP contribution in [0.1, 0.15) is 0 Å². The molecule has 19 heteroatoms. The summed E-state index contributed by atoms with van der Waals surface area (Å²) in [6.07, 6.45) is 0. The van der Waals surface area contributed by atoms with Crippen LogP contribution in [0.5, 0.6) is 23.0 Å². The monoisotopic (exact) mass is 767 g/mol. The number of nitrogens with zero attached hydrogens (tertiary/aromatic N) is 4. The average molecular weight is 768 g/mol. The van der Waals surface area contributed by atoms with Gasteiger partial charge in [-0.25, -0.2) is 0 Å². The number of nitrogens with two attached hydrogens (primary N) is 2. The van der Waals surface area contributed by atoms with E-state index < -0.39 is 41.5 Å². The normalized spacial score (nSPS) is 12.1. The van der Waals surface area contributed by atoms with E-state index in [0.29, 0.717) is 34.0 Å². The van der Waals surface area contributed by atoms with Crippen LogP contribution in [0.4, 0.5) is 34.1 Å². The first-order chi connectivity index (χ1) is 24.6. The summed E-state index contributed by atoms with van der Waals surface area (Å²) < 4.78 is 77.5. The van der Waals surface area contributed by atoms with Crippen molar-refractivity contribution in [1.82, 2.24) is 0 Å². The fourth-order valence-corrected chi connectivity index (χ4v) is 6.91. The summed E-state index contributed by atoms with van der Waals surface area (Å²) in [5, 5.41) is 38.4. The molecule has 0 aliphatic heterocycles.